The van der Waals surface area contributed by atoms with Crippen molar-refractivity contribution >= 4 is 55.8 Å². The lowest BCUT2D eigenvalue weighted by Gasteiger charge is -2.23. The quantitative estimate of drug-likeness (QED) is 0.101. The normalized spacial score (nSPS) is 16.2. The number of hydrogen-bond donors (Lipinski definition) is 1. The number of ketones is 1. The number of ether oxygens (including phenoxy) is 2. The van der Waals surface area contributed by atoms with Crippen molar-refractivity contribution < 1.29 is 29.0 Å². The Bertz CT molecular complexity index is 1650. The molecule has 0 radical (unpaired) electrons. The summed E-state index contributed by atoms with van der Waals surface area (Å²) in [5.74, 6) is -2.02. The van der Waals surface area contributed by atoms with Crippen LogP contribution in [0.15, 0.2) is 88.9 Å². The zero-order valence-corrected chi connectivity index (χ0v) is 24.6. The van der Waals surface area contributed by atoms with Crippen molar-refractivity contribution in [2.45, 2.75) is 26.5 Å². The van der Waals surface area contributed by atoms with Crippen LogP contribution in [0.5, 0.6) is 5.75 Å². The second kappa shape index (κ2) is 12.1. The van der Waals surface area contributed by atoms with Crippen LogP contribution in [0.4, 0.5) is 5.13 Å². The van der Waals surface area contributed by atoms with Gasteiger partial charge in [0, 0.05) is 10.0 Å². The maximum Gasteiger partial charge on any atom is 0.350 e. The third-order valence-electron chi connectivity index (χ3n) is 6.44. The van der Waals surface area contributed by atoms with Crippen LogP contribution < -0.4 is 9.64 Å². The summed E-state index contributed by atoms with van der Waals surface area (Å²) in [6.45, 7) is 3.90. The number of hydrogen-bond acceptors (Lipinski definition) is 8. The van der Waals surface area contributed by atoms with Gasteiger partial charge in [-0.3, -0.25) is 14.5 Å². The lowest BCUT2D eigenvalue weighted by molar-refractivity contribution is -0.132. The summed E-state index contributed by atoms with van der Waals surface area (Å²) in [6.07, 6.45) is 0. The van der Waals surface area contributed by atoms with E-state index in [0.717, 1.165) is 21.4 Å². The first-order chi connectivity index (χ1) is 19.8. The Kier molecular flexibility index (Phi) is 8.32. The number of carbonyl (C=O) groups excluding carboxylic acids is 3. The molecule has 5 rings (SSSR count). The molecule has 208 valence electrons. The summed E-state index contributed by atoms with van der Waals surface area (Å²) in [6, 6.07) is 22.5. The molecule has 1 fully saturated rings. The molecule has 3 aromatic carbocycles. The number of thiazole rings is 1. The second-order valence-electron chi connectivity index (χ2n) is 9.15. The van der Waals surface area contributed by atoms with Crippen molar-refractivity contribution in [2.75, 3.05) is 11.5 Å². The zero-order valence-electron chi connectivity index (χ0n) is 22.2. The van der Waals surface area contributed by atoms with Crippen molar-refractivity contribution in [2.24, 2.45) is 0 Å². The lowest BCUT2D eigenvalue weighted by Crippen LogP contribution is -2.29. The Morgan fingerprint density at radius 2 is 1.78 bits per heavy atom. The average molecular weight is 634 g/mol. The van der Waals surface area contributed by atoms with Gasteiger partial charge in [-0.2, -0.15) is 0 Å². The molecule has 1 atom stereocenters. The number of aliphatic hydroxyl groups excluding tert-OH is 1. The van der Waals surface area contributed by atoms with Gasteiger partial charge in [0.05, 0.1) is 23.9 Å². The molecule has 1 aliphatic rings. The minimum Gasteiger partial charge on any atom is -0.507 e. The van der Waals surface area contributed by atoms with Crippen LogP contribution in [-0.4, -0.2) is 34.4 Å². The van der Waals surface area contributed by atoms with E-state index in [1.807, 2.05) is 36.4 Å². The van der Waals surface area contributed by atoms with Gasteiger partial charge in [-0.15, -0.1) is 0 Å². The number of esters is 1. The highest BCUT2D eigenvalue weighted by atomic mass is 79.9. The Morgan fingerprint density at radius 1 is 1.05 bits per heavy atom. The van der Waals surface area contributed by atoms with Crippen LogP contribution in [0.1, 0.15) is 45.0 Å². The van der Waals surface area contributed by atoms with Crippen molar-refractivity contribution in [3.05, 3.63) is 116 Å². The highest BCUT2D eigenvalue weighted by molar-refractivity contribution is 9.10. The van der Waals surface area contributed by atoms with E-state index in [9.17, 15) is 19.5 Å². The molecule has 1 unspecified atom stereocenters. The predicted octanol–water partition coefficient (Wildman–Crippen LogP) is 6.60. The fourth-order valence-corrected chi connectivity index (χ4v) is 5.90. The fraction of sp³-hybridized carbons (Fsp3) is 0.161. The highest BCUT2D eigenvalue weighted by Crippen LogP contribution is 2.44. The number of aromatic nitrogens is 1. The molecule has 8 nitrogen and oxygen atoms in total. The summed E-state index contributed by atoms with van der Waals surface area (Å²) >= 11 is 4.42. The first-order valence-corrected chi connectivity index (χ1v) is 14.4. The average Bonchev–Trinajstić information content (AvgIpc) is 3.49. The highest BCUT2D eigenvalue weighted by Gasteiger charge is 2.48. The van der Waals surface area contributed by atoms with Crippen LogP contribution in [0.3, 0.4) is 0 Å². The predicted molar refractivity (Wildman–Crippen MR) is 159 cm³/mol. The number of benzene rings is 3. The first kappa shape index (κ1) is 28.3. The number of nitrogens with zero attached hydrogens (tertiary/aromatic N) is 2. The molecule has 41 heavy (non-hydrogen) atoms. The molecule has 0 saturated carbocycles. The van der Waals surface area contributed by atoms with Crippen LogP contribution in [0.2, 0.25) is 0 Å². The van der Waals surface area contributed by atoms with E-state index in [1.54, 1.807) is 56.3 Å². The molecule has 0 bridgehead atoms. The van der Waals surface area contributed by atoms with Crippen molar-refractivity contribution in [1.82, 2.24) is 4.98 Å². The van der Waals surface area contributed by atoms with Crippen molar-refractivity contribution in [1.29, 1.82) is 0 Å². The van der Waals surface area contributed by atoms with Gasteiger partial charge in [-0.1, -0.05) is 69.7 Å². The number of aliphatic hydroxyl groups is 1. The van der Waals surface area contributed by atoms with Crippen LogP contribution in [-0.2, 0) is 20.9 Å². The third kappa shape index (κ3) is 5.79. The Morgan fingerprint density at radius 3 is 2.46 bits per heavy atom. The summed E-state index contributed by atoms with van der Waals surface area (Å²) in [5.41, 5.74) is 2.23. The molecular weight excluding hydrogens is 608 g/mol. The van der Waals surface area contributed by atoms with Gasteiger partial charge in [0.25, 0.3) is 5.78 Å². The topological polar surface area (TPSA) is 106 Å². The molecule has 1 amide bonds. The molecule has 1 aromatic heterocycles. The van der Waals surface area contributed by atoms with Gasteiger partial charge in [0.2, 0.25) is 0 Å². The first-order valence-electron chi connectivity index (χ1n) is 12.8. The maximum atomic E-state index is 13.5. The van der Waals surface area contributed by atoms with E-state index in [4.69, 9.17) is 9.47 Å². The minimum absolute atomic E-state index is 0.0865. The van der Waals surface area contributed by atoms with Crippen LogP contribution >= 0.6 is 27.3 Å². The maximum absolute atomic E-state index is 13.5. The molecule has 1 aliphatic heterocycles. The fourth-order valence-electron chi connectivity index (χ4n) is 4.50. The van der Waals surface area contributed by atoms with Gasteiger partial charge in [0.15, 0.2) is 5.13 Å². The Labute approximate surface area is 249 Å². The van der Waals surface area contributed by atoms with Gasteiger partial charge < -0.3 is 14.6 Å². The van der Waals surface area contributed by atoms with E-state index in [1.165, 1.54) is 4.90 Å². The van der Waals surface area contributed by atoms with E-state index in [0.29, 0.717) is 29.2 Å². The number of Topliss-reactive ketones (excluding diaryl/α,β-unsaturated/α-hetero) is 1. The van der Waals surface area contributed by atoms with E-state index >= 15 is 0 Å². The standard InChI is InChI=1S/C31H25BrN2O6S/c1-3-39-30(38)28-18(2)33-31(41-28)34-25(21-10-7-11-22(32)16-21)24(27(36)29(34)37)26(35)20-12-14-23(15-13-20)40-17-19-8-5-4-6-9-19/h4-16,25,35H,3,17H2,1-2H3/b26-24+. The third-order valence-corrected chi connectivity index (χ3v) is 8.07. The number of aryl methyl sites for hydroxylation is 1. The minimum atomic E-state index is -0.984. The Balaban J connectivity index is 1.54. The summed E-state index contributed by atoms with van der Waals surface area (Å²) < 4.78 is 11.7. The monoisotopic (exact) mass is 632 g/mol. The number of amides is 1. The van der Waals surface area contributed by atoms with Gasteiger partial charge in [0.1, 0.15) is 23.0 Å². The van der Waals surface area contributed by atoms with Gasteiger partial charge in [-0.25, -0.2) is 9.78 Å². The number of halogens is 1. The summed E-state index contributed by atoms with van der Waals surface area (Å²) in [5, 5.41) is 11.6. The molecule has 0 aliphatic carbocycles. The van der Waals surface area contributed by atoms with E-state index in [-0.39, 0.29) is 27.9 Å². The van der Waals surface area contributed by atoms with Crippen molar-refractivity contribution in [3.8, 4) is 5.75 Å². The van der Waals surface area contributed by atoms with E-state index in [2.05, 4.69) is 20.9 Å². The number of anilines is 1. The number of carbonyl (C=O) groups is 3. The molecule has 4 aromatic rings. The van der Waals surface area contributed by atoms with Gasteiger partial charge >= 0.3 is 11.9 Å². The van der Waals surface area contributed by atoms with Crippen molar-refractivity contribution in [3.63, 3.8) is 0 Å². The lowest BCUT2D eigenvalue weighted by atomic mass is 9.95. The Hall–Kier alpha value is -4.28. The molecule has 2 heterocycles. The molecular formula is C31H25BrN2O6S. The van der Waals surface area contributed by atoms with E-state index < -0.39 is 23.7 Å². The molecule has 1 N–H and O–H groups in total. The molecule has 10 heteroatoms. The summed E-state index contributed by atoms with van der Waals surface area (Å²) in [7, 11) is 0. The van der Waals surface area contributed by atoms with Crippen LogP contribution in [0, 0.1) is 6.92 Å². The SMILES string of the molecule is CCOC(=O)c1sc(N2C(=O)C(=O)/C(=C(/O)c3ccc(OCc4ccccc4)cc3)C2c2cccc(Br)c2)nc1C. The van der Waals surface area contributed by atoms with Gasteiger partial charge in [-0.05, 0) is 61.4 Å². The zero-order chi connectivity index (χ0) is 29.1. The molecule has 0 spiro atoms. The molecule has 1 saturated heterocycles. The van der Waals surface area contributed by atoms with Crippen LogP contribution in [0.25, 0.3) is 5.76 Å². The number of rotatable bonds is 8. The smallest absolute Gasteiger partial charge is 0.350 e. The summed E-state index contributed by atoms with van der Waals surface area (Å²) in [4.78, 5) is 45.3. The second-order valence-corrected chi connectivity index (χ2v) is 11.0. The largest absolute Gasteiger partial charge is 0.507 e.